The van der Waals surface area contributed by atoms with E-state index in [1.807, 2.05) is 32.0 Å². The number of hydrogen-bond acceptors (Lipinski definition) is 7. The summed E-state index contributed by atoms with van der Waals surface area (Å²) in [5.74, 6) is 1.34. The van der Waals surface area contributed by atoms with E-state index in [0.717, 1.165) is 22.4 Å². The van der Waals surface area contributed by atoms with Gasteiger partial charge < -0.3 is 15.4 Å². The normalized spacial score (nSPS) is 10.4. The summed E-state index contributed by atoms with van der Waals surface area (Å²) in [5.41, 5.74) is 4.16. The smallest absolute Gasteiger partial charge is 0.229 e. The lowest BCUT2D eigenvalue weighted by Crippen LogP contribution is -2.06. The van der Waals surface area contributed by atoms with Crippen LogP contribution in [-0.4, -0.2) is 27.8 Å². The second-order valence-electron chi connectivity index (χ2n) is 6.69. The van der Waals surface area contributed by atoms with E-state index in [-0.39, 0.29) is 12.2 Å². The molecule has 154 valence electrons. The molecule has 7 nitrogen and oxygen atoms in total. The number of rotatable bonds is 8. The molecule has 0 saturated heterocycles. The molecule has 0 aliphatic carbocycles. The van der Waals surface area contributed by atoms with Gasteiger partial charge in [0.2, 0.25) is 11.8 Å². The number of aryl methyl sites for hydroxylation is 2. The Morgan fingerprint density at radius 2 is 1.97 bits per heavy atom. The van der Waals surface area contributed by atoms with Crippen LogP contribution in [0.2, 0.25) is 5.02 Å². The van der Waals surface area contributed by atoms with E-state index in [4.69, 9.17) is 16.3 Å². The van der Waals surface area contributed by atoms with Gasteiger partial charge in [-0.1, -0.05) is 35.9 Å². The molecular formula is C22H22ClN5O2. The fourth-order valence-corrected chi connectivity index (χ4v) is 2.90. The van der Waals surface area contributed by atoms with Crippen molar-refractivity contribution in [3.8, 4) is 5.88 Å². The summed E-state index contributed by atoms with van der Waals surface area (Å²) in [7, 11) is 1.53. The van der Waals surface area contributed by atoms with Gasteiger partial charge in [0.05, 0.1) is 24.0 Å². The van der Waals surface area contributed by atoms with Crippen molar-refractivity contribution in [2.24, 2.45) is 0 Å². The first-order chi connectivity index (χ1) is 14.4. The molecule has 0 aliphatic heterocycles. The third kappa shape index (κ3) is 5.12. The maximum absolute atomic E-state index is 11.9. The number of nitrogens with zero attached hydrogens (tertiary/aromatic N) is 3. The number of pyridine rings is 1. The minimum absolute atomic E-state index is 0.0494. The Labute approximate surface area is 180 Å². The molecule has 8 heteroatoms. The van der Waals surface area contributed by atoms with Crippen molar-refractivity contribution in [2.45, 2.75) is 20.3 Å². The van der Waals surface area contributed by atoms with Crippen LogP contribution in [0, 0.1) is 13.8 Å². The van der Waals surface area contributed by atoms with Crippen LogP contribution in [0.1, 0.15) is 16.7 Å². The van der Waals surface area contributed by atoms with Crippen molar-refractivity contribution in [3.05, 3.63) is 71.0 Å². The molecule has 3 aromatic rings. The quantitative estimate of drug-likeness (QED) is 0.496. The fraction of sp³-hybridized carbons (Fsp3) is 0.182. The first kappa shape index (κ1) is 21.3. The maximum atomic E-state index is 11.9. The molecule has 0 radical (unpaired) electrons. The molecule has 2 heterocycles. The number of hydrogen-bond donors (Lipinski definition) is 2. The summed E-state index contributed by atoms with van der Waals surface area (Å²) < 4.78 is 5.14. The van der Waals surface area contributed by atoms with E-state index in [1.54, 1.807) is 12.3 Å². The Hall–Kier alpha value is -3.45. The lowest BCUT2D eigenvalue weighted by Gasteiger charge is -2.15. The summed E-state index contributed by atoms with van der Waals surface area (Å²) in [6.45, 7) is 7.44. The van der Waals surface area contributed by atoms with Gasteiger partial charge in [0.25, 0.3) is 0 Å². The number of methoxy groups -OCH3 is 1. The van der Waals surface area contributed by atoms with Crippen molar-refractivity contribution in [2.75, 3.05) is 17.7 Å². The number of benzene rings is 1. The van der Waals surface area contributed by atoms with Crippen LogP contribution in [0.25, 0.3) is 0 Å². The molecule has 30 heavy (non-hydrogen) atoms. The lowest BCUT2D eigenvalue weighted by molar-refractivity contribution is -0.114. The van der Waals surface area contributed by atoms with Crippen molar-refractivity contribution < 1.29 is 9.53 Å². The van der Waals surface area contributed by atoms with E-state index in [2.05, 4.69) is 32.2 Å². The number of halogens is 1. The average molecular weight is 424 g/mol. The van der Waals surface area contributed by atoms with Crippen LogP contribution >= 0.6 is 11.6 Å². The number of ketones is 1. The Bertz CT molecular complexity index is 1100. The van der Waals surface area contributed by atoms with Crippen LogP contribution in [0.5, 0.6) is 5.88 Å². The third-order valence-corrected chi connectivity index (χ3v) is 4.66. The minimum atomic E-state index is -0.0494. The van der Waals surface area contributed by atoms with Crippen LogP contribution in [0.15, 0.2) is 49.3 Å². The molecular weight excluding hydrogens is 402 g/mol. The van der Waals surface area contributed by atoms with Gasteiger partial charge in [0.15, 0.2) is 5.78 Å². The van der Waals surface area contributed by atoms with E-state index in [1.165, 1.54) is 19.4 Å². The monoisotopic (exact) mass is 423 g/mol. The fourth-order valence-electron chi connectivity index (χ4n) is 2.75. The molecule has 3 rings (SSSR count). The zero-order valence-corrected chi connectivity index (χ0v) is 17.7. The molecule has 0 atom stereocenters. The van der Waals surface area contributed by atoms with Crippen LogP contribution in [0.3, 0.4) is 0 Å². The highest BCUT2D eigenvalue weighted by atomic mass is 35.5. The van der Waals surface area contributed by atoms with Gasteiger partial charge in [-0.25, -0.2) is 9.97 Å². The van der Waals surface area contributed by atoms with Crippen molar-refractivity contribution >= 4 is 40.5 Å². The molecule has 2 aromatic heterocycles. The van der Waals surface area contributed by atoms with Gasteiger partial charge in [0, 0.05) is 29.9 Å². The third-order valence-electron chi connectivity index (χ3n) is 4.36. The van der Waals surface area contributed by atoms with Crippen LogP contribution in [-0.2, 0) is 11.2 Å². The Kier molecular flexibility index (Phi) is 6.64. The summed E-state index contributed by atoms with van der Waals surface area (Å²) in [5, 5.41) is 6.81. The zero-order chi connectivity index (χ0) is 21.7. The van der Waals surface area contributed by atoms with E-state index < -0.39 is 0 Å². The molecule has 0 bridgehead atoms. The van der Waals surface area contributed by atoms with E-state index in [9.17, 15) is 4.79 Å². The topological polar surface area (TPSA) is 89.0 Å². The van der Waals surface area contributed by atoms with Crippen LogP contribution < -0.4 is 15.4 Å². The molecule has 0 fully saturated rings. The molecule has 1 aromatic carbocycles. The predicted molar refractivity (Wildman–Crippen MR) is 119 cm³/mol. The number of aromatic nitrogens is 3. The van der Waals surface area contributed by atoms with Gasteiger partial charge in [0.1, 0.15) is 5.82 Å². The summed E-state index contributed by atoms with van der Waals surface area (Å²) in [6.07, 6.45) is 4.78. The van der Waals surface area contributed by atoms with Gasteiger partial charge in [-0.2, -0.15) is 4.98 Å². The first-order valence-corrected chi connectivity index (χ1v) is 9.59. The molecule has 0 amide bonds. The number of nitrogens with one attached hydrogen (secondary N) is 2. The number of carbonyl (C=O) groups excluding carboxylic acids is 1. The highest BCUT2D eigenvalue weighted by Gasteiger charge is 2.12. The van der Waals surface area contributed by atoms with Gasteiger partial charge in [-0.05, 0) is 31.6 Å². The standard InChI is InChI=1S/C22H22ClN5O2/c1-5-16(29)9-15-8-13(2)6-7-18(15)26-21-14(3)11-25-22(28-21)27-19-10-20(30-4)24-12-17(19)23/h5-8,10-12H,1,9H2,2-4H3,(H2,24,25,26,27,28). The van der Waals surface area contributed by atoms with Gasteiger partial charge in [-0.3, -0.25) is 4.79 Å². The largest absolute Gasteiger partial charge is 0.481 e. The van der Waals surface area contributed by atoms with E-state index >= 15 is 0 Å². The van der Waals surface area contributed by atoms with Crippen molar-refractivity contribution in [3.63, 3.8) is 0 Å². The van der Waals surface area contributed by atoms with Crippen LogP contribution in [0.4, 0.5) is 23.1 Å². The number of allylic oxidation sites excluding steroid dienone is 1. The number of carbonyl (C=O) groups is 1. The summed E-state index contributed by atoms with van der Waals surface area (Å²) in [4.78, 5) is 24.8. The van der Waals surface area contributed by atoms with Gasteiger partial charge in [-0.15, -0.1) is 0 Å². The molecule has 0 aliphatic rings. The number of anilines is 4. The van der Waals surface area contributed by atoms with Crippen molar-refractivity contribution in [1.29, 1.82) is 0 Å². The molecule has 0 spiro atoms. The predicted octanol–water partition coefficient (Wildman–Crippen LogP) is 4.94. The second kappa shape index (κ2) is 9.37. The lowest BCUT2D eigenvalue weighted by atomic mass is 10.0. The Morgan fingerprint density at radius 3 is 2.70 bits per heavy atom. The van der Waals surface area contributed by atoms with E-state index in [0.29, 0.717) is 28.4 Å². The second-order valence-corrected chi connectivity index (χ2v) is 7.10. The molecule has 2 N–H and O–H groups in total. The summed E-state index contributed by atoms with van der Waals surface area (Å²) in [6, 6.07) is 7.54. The van der Waals surface area contributed by atoms with Crippen molar-refractivity contribution in [1.82, 2.24) is 15.0 Å². The average Bonchev–Trinajstić information content (AvgIpc) is 2.73. The minimum Gasteiger partial charge on any atom is -0.481 e. The molecule has 0 unspecified atom stereocenters. The number of ether oxygens (including phenoxy) is 1. The molecule has 0 saturated carbocycles. The zero-order valence-electron chi connectivity index (χ0n) is 17.0. The first-order valence-electron chi connectivity index (χ1n) is 9.21. The highest BCUT2D eigenvalue weighted by molar-refractivity contribution is 6.33. The SMILES string of the molecule is C=CC(=O)Cc1cc(C)ccc1Nc1nc(Nc2cc(OC)ncc2Cl)ncc1C. The Balaban J connectivity index is 1.90. The Morgan fingerprint density at radius 1 is 1.17 bits per heavy atom. The van der Waals surface area contributed by atoms with Gasteiger partial charge >= 0.3 is 0 Å². The maximum Gasteiger partial charge on any atom is 0.229 e. The highest BCUT2D eigenvalue weighted by Crippen LogP contribution is 2.28. The summed E-state index contributed by atoms with van der Waals surface area (Å²) >= 11 is 6.21.